The Morgan fingerprint density at radius 1 is 1.20 bits per heavy atom. The lowest BCUT2D eigenvalue weighted by Crippen LogP contribution is -2.27. The average molecular weight is 285 g/mol. The Kier molecular flexibility index (Phi) is 3.99. The van der Waals surface area contributed by atoms with Crippen molar-refractivity contribution in [2.75, 3.05) is 14.2 Å². The molecule has 0 saturated heterocycles. The summed E-state index contributed by atoms with van der Waals surface area (Å²) in [6, 6.07) is 17.4. The molecular formula is C17H19NOS. The zero-order valence-corrected chi connectivity index (χ0v) is 12.6. The van der Waals surface area contributed by atoms with Crippen LogP contribution in [0.2, 0.25) is 0 Å². The molecule has 3 heteroatoms. The van der Waals surface area contributed by atoms with Gasteiger partial charge in [0.2, 0.25) is 0 Å². The first-order chi connectivity index (χ1) is 9.81. The highest BCUT2D eigenvalue weighted by Crippen LogP contribution is 2.42. The lowest BCUT2D eigenvalue weighted by atomic mass is 9.98. The second-order valence-electron chi connectivity index (χ2n) is 5.01. The van der Waals surface area contributed by atoms with Crippen LogP contribution in [0.4, 0.5) is 0 Å². The molecule has 2 unspecified atom stereocenters. The Bertz CT molecular complexity index is 574. The summed E-state index contributed by atoms with van der Waals surface area (Å²) in [6.45, 7) is 0. The average Bonchev–Trinajstić information content (AvgIpc) is 2.91. The minimum atomic E-state index is 0.336. The molecular weight excluding hydrogens is 266 g/mol. The van der Waals surface area contributed by atoms with Gasteiger partial charge in [0.25, 0.3) is 0 Å². The van der Waals surface area contributed by atoms with Gasteiger partial charge in [-0.15, -0.1) is 11.8 Å². The van der Waals surface area contributed by atoms with Crippen LogP contribution in [-0.2, 0) is 6.42 Å². The molecule has 0 spiro atoms. The van der Waals surface area contributed by atoms with Crippen LogP contribution in [0.25, 0.3) is 0 Å². The molecule has 20 heavy (non-hydrogen) atoms. The molecule has 2 aromatic carbocycles. The maximum absolute atomic E-state index is 5.34. The van der Waals surface area contributed by atoms with Crippen molar-refractivity contribution in [2.24, 2.45) is 0 Å². The van der Waals surface area contributed by atoms with Crippen LogP contribution in [-0.4, -0.2) is 19.4 Å². The molecule has 0 amide bonds. The molecule has 2 nitrogen and oxygen atoms in total. The van der Waals surface area contributed by atoms with E-state index in [0.29, 0.717) is 11.3 Å². The van der Waals surface area contributed by atoms with Gasteiger partial charge in [-0.2, -0.15) is 0 Å². The number of rotatable bonds is 4. The van der Waals surface area contributed by atoms with Crippen molar-refractivity contribution in [1.82, 2.24) is 5.32 Å². The molecule has 1 aliphatic heterocycles. The third-order valence-electron chi connectivity index (χ3n) is 3.81. The first-order valence-electron chi connectivity index (χ1n) is 6.87. The molecule has 0 radical (unpaired) electrons. The van der Waals surface area contributed by atoms with Crippen LogP contribution in [0, 0.1) is 0 Å². The van der Waals surface area contributed by atoms with E-state index < -0.39 is 0 Å². The van der Waals surface area contributed by atoms with Gasteiger partial charge < -0.3 is 10.1 Å². The summed E-state index contributed by atoms with van der Waals surface area (Å²) in [4.78, 5) is 1.42. The van der Waals surface area contributed by atoms with Gasteiger partial charge in [-0.1, -0.05) is 30.3 Å². The number of hydrogen-bond acceptors (Lipinski definition) is 3. The summed E-state index contributed by atoms with van der Waals surface area (Å²) in [5.74, 6) is 0.920. The van der Waals surface area contributed by atoms with Crippen LogP contribution in [0.5, 0.6) is 5.75 Å². The summed E-state index contributed by atoms with van der Waals surface area (Å²) < 4.78 is 5.34. The molecule has 2 aromatic rings. The molecule has 0 bridgehead atoms. The molecule has 2 atom stereocenters. The molecule has 0 aromatic heterocycles. The highest BCUT2D eigenvalue weighted by molar-refractivity contribution is 8.00. The minimum Gasteiger partial charge on any atom is -0.497 e. The van der Waals surface area contributed by atoms with Gasteiger partial charge in [0.15, 0.2) is 0 Å². The molecule has 1 heterocycles. The Hall–Kier alpha value is -1.45. The molecule has 1 N–H and O–H groups in total. The second kappa shape index (κ2) is 5.90. The number of methoxy groups -OCH3 is 1. The molecule has 3 rings (SSSR count). The van der Waals surface area contributed by atoms with E-state index in [1.165, 1.54) is 16.0 Å². The van der Waals surface area contributed by atoms with E-state index in [1.54, 1.807) is 7.11 Å². The fourth-order valence-electron chi connectivity index (χ4n) is 2.80. The Morgan fingerprint density at radius 2 is 2.05 bits per heavy atom. The number of thioether (sulfide) groups is 1. The highest BCUT2D eigenvalue weighted by Gasteiger charge is 2.29. The lowest BCUT2D eigenvalue weighted by Gasteiger charge is -2.23. The first-order valence-corrected chi connectivity index (χ1v) is 7.75. The van der Waals surface area contributed by atoms with Gasteiger partial charge in [0, 0.05) is 16.2 Å². The number of hydrogen-bond donors (Lipinski definition) is 1. The second-order valence-corrected chi connectivity index (χ2v) is 6.29. The summed E-state index contributed by atoms with van der Waals surface area (Å²) in [5, 5.41) is 4.00. The third-order valence-corrected chi connectivity index (χ3v) is 5.20. The van der Waals surface area contributed by atoms with Crippen molar-refractivity contribution in [3.8, 4) is 5.75 Å². The Balaban J connectivity index is 1.85. The first kappa shape index (κ1) is 13.5. The van der Waals surface area contributed by atoms with Gasteiger partial charge >= 0.3 is 0 Å². The monoisotopic (exact) mass is 285 g/mol. The van der Waals surface area contributed by atoms with Gasteiger partial charge in [0.1, 0.15) is 5.75 Å². The maximum atomic E-state index is 5.34. The minimum absolute atomic E-state index is 0.336. The van der Waals surface area contributed by atoms with E-state index in [9.17, 15) is 0 Å². The summed E-state index contributed by atoms with van der Waals surface area (Å²) >= 11 is 1.97. The van der Waals surface area contributed by atoms with E-state index in [1.807, 2.05) is 24.9 Å². The molecule has 104 valence electrons. The predicted octanol–water partition coefficient (Wildman–Crippen LogP) is 3.67. The zero-order chi connectivity index (χ0) is 13.9. The lowest BCUT2D eigenvalue weighted by molar-refractivity contribution is 0.413. The summed E-state index contributed by atoms with van der Waals surface area (Å²) in [7, 11) is 3.75. The van der Waals surface area contributed by atoms with E-state index >= 15 is 0 Å². The SMILES string of the molecule is CNC(c1cccc(OC)c1)C1Cc2ccccc2S1. The molecule has 1 aliphatic rings. The zero-order valence-electron chi connectivity index (χ0n) is 11.8. The summed E-state index contributed by atoms with van der Waals surface area (Å²) in [5.41, 5.74) is 2.75. The molecule has 0 saturated carbocycles. The van der Waals surface area contributed by atoms with Crippen molar-refractivity contribution < 1.29 is 4.74 Å². The van der Waals surface area contributed by atoms with Crippen molar-refractivity contribution in [3.63, 3.8) is 0 Å². The normalized spacial score (nSPS) is 18.6. The van der Waals surface area contributed by atoms with Crippen LogP contribution in [0.15, 0.2) is 53.4 Å². The van der Waals surface area contributed by atoms with Gasteiger partial charge in [-0.25, -0.2) is 0 Å². The number of ether oxygens (including phenoxy) is 1. The number of benzene rings is 2. The number of fused-ring (bicyclic) bond motifs is 1. The Morgan fingerprint density at radius 3 is 2.80 bits per heavy atom. The molecule has 0 aliphatic carbocycles. The van der Waals surface area contributed by atoms with Crippen LogP contribution in [0.1, 0.15) is 17.2 Å². The van der Waals surface area contributed by atoms with Crippen LogP contribution in [0.3, 0.4) is 0 Å². The highest BCUT2D eigenvalue weighted by atomic mass is 32.2. The van der Waals surface area contributed by atoms with Gasteiger partial charge in [0.05, 0.1) is 7.11 Å². The quantitative estimate of drug-likeness (QED) is 0.926. The Labute approximate surface area is 124 Å². The van der Waals surface area contributed by atoms with E-state index in [0.717, 1.165) is 12.2 Å². The van der Waals surface area contributed by atoms with E-state index in [-0.39, 0.29) is 0 Å². The fourth-order valence-corrected chi connectivity index (χ4v) is 4.28. The molecule has 0 fully saturated rings. The van der Waals surface area contributed by atoms with E-state index in [2.05, 4.69) is 47.8 Å². The number of nitrogens with one attached hydrogen (secondary N) is 1. The smallest absolute Gasteiger partial charge is 0.119 e. The van der Waals surface area contributed by atoms with Crippen LogP contribution >= 0.6 is 11.8 Å². The van der Waals surface area contributed by atoms with E-state index in [4.69, 9.17) is 4.74 Å². The van der Waals surface area contributed by atoms with Crippen molar-refractivity contribution in [3.05, 3.63) is 59.7 Å². The predicted molar refractivity (Wildman–Crippen MR) is 84.6 cm³/mol. The topological polar surface area (TPSA) is 21.3 Å². The largest absolute Gasteiger partial charge is 0.497 e. The standard InChI is InChI=1S/C17H19NOS/c1-18-17(13-7-5-8-14(10-13)19-2)16-11-12-6-3-4-9-15(12)20-16/h3-10,16-18H,11H2,1-2H3. The maximum Gasteiger partial charge on any atom is 0.119 e. The van der Waals surface area contributed by atoms with Crippen molar-refractivity contribution >= 4 is 11.8 Å². The van der Waals surface area contributed by atoms with Gasteiger partial charge in [-0.3, -0.25) is 0 Å². The van der Waals surface area contributed by atoms with Crippen LogP contribution < -0.4 is 10.1 Å². The third kappa shape index (κ3) is 2.56. The fraction of sp³-hybridized carbons (Fsp3) is 0.294. The van der Waals surface area contributed by atoms with Crippen molar-refractivity contribution in [2.45, 2.75) is 22.6 Å². The van der Waals surface area contributed by atoms with Crippen molar-refractivity contribution in [1.29, 1.82) is 0 Å². The summed E-state index contributed by atoms with van der Waals surface area (Å²) in [6.07, 6.45) is 1.11. The van der Waals surface area contributed by atoms with Gasteiger partial charge in [-0.05, 0) is 42.8 Å².